The van der Waals surface area contributed by atoms with Crippen LogP contribution in [-0.2, 0) is 32.3 Å². The van der Waals surface area contributed by atoms with Crippen molar-refractivity contribution >= 4 is 34.9 Å². The molecule has 2 aromatic carbocycles. The van der Waals surface area contributed by atoms with E-state index in [1.165, 1.54) is 36.4 Å². The summed E-state index contributed by atoms with van der Waals surface area (Å²) in [5, 5.41) is 21.3. The van der Waals surface area contributed by atoms with Gasteiger partial charge in [-0.25, -0.2) is 0 Å². The number of nitrogens with zero attached hydrogens (tertiary/aromatic N) is 2. The van der Waals surface area contributed by atoms with E-state index in [-0.39, 0.29) is 42.9 Å². The number of unbranched alkanes of at least 4 members (excludes halogenated alkanes) is 3. The maximum absolute atomic E-state index is 12.3. The third kappa shape index (κ3) is 10.1. The van der Waals surface area contributed by atoms with Crippen molar-refractivity contribution in [2.75, 3.05) is 5.88 Å². The molecule has 0 N–H and O–H groups in total. The smallest absolute Gasteiger partial charge is 0.310 e. The van der Waals surface area contributed by atoms with Gasteiger partial charge in [-0.2, -0.15) is 0 Å². The average molecular weight is 507 g/mol. The van der Waals surface area contributed by atoms with Crippen molar-refractivity contribution < 1.29 is 28.9 Å². The van der Waals surface area contributed by atoms with Crippen molar-refractivity contribution in [2.24, 2.45) is 5.92 Å². The summed E-state index contributed by atoms with van der Waals surface area (Å²) in [4.78, 5) is 44.5. The van der Waals surface area contributed by atoms with E-state index >= 15 is 0 Å². The number of ether oxygens (including phenoxy) is 2. The topological polar surface area (TPSA) is 139 Å². The lowest BCUT2D eigenvalue weighted by Gasteiger charge is -2.13. The summed E-state index contributed by atoms with van der Waals surface area (Å²) in [6, 6.07) is 11.6. The van der Waals surface area contributed by atoms with Gasteiger partial charge in [0.1, 0.15) is 13.2 Å². The van der Waals surface area contributed by atoms with Gasteiger partial charge in [0.25, 0.3) is 11.4 Å². The Labute approximate surface area is 207 Å². The first-order valence-corrected chi connectivity index (χ1v) is 11.7. The molecule has 0 bridgehead atoms. The van der Waals surface area contributed by atoms with Crippen LogP contribution in [0.15, 0.2) is 48.5 Å². The molecule has 0 fully saturated rings. The number of nitro groups is 2. The quantitative estimate of drug-likeness (QED) is 0.102. The van der Waals surface area contributed by atoms with E-state index in [0.29, 0.717) is 24.0 Å². The van der Waals surface area contributed by atoms with E-state index < -0.39 is 21.7 Å². The molecular formula is C24H27ClN2O8. The zero-order valence-electron chi connectivity index (χ0n) is 19.1. The minimum absolute atomic E-state index is 0.0192. The van der Waals surface area contributed by atoms with Crippen LogP contribution in [0.1, 0.15) is 49.7 Å². The predicted octanol–water partition coefficient (Wildman–Crippen LogP) is 5.49. The van der Waals surface area contributed by atoms with Crippen molar-refractivity contribution in [1.29, 1.82) is 0 Å². The Balaban J connectivity index is 1.57. The average Bonchev–Trinajstić information content (AvgIpc) is 2.86. The number of rotatable bonds is 15. The molecule has 0 aliphatic heterocycles. The monoisotopic (exact) mass is 506 g/mol. The molecule has 0 radical (unpaired) electrons. The van der Waals surface area contributed by atoms with Gasteiger partial charge in [0.2, 0.25) is 0 Å². The molecule has 0 amide bonds. The molecule has 0 aromatic heterocycles. The van der Waals surface area contributed by atoms with Crippen LogP contribution in [-0.4, -0.2) is 27.7 Å². The second-order valence-electron chi connectivity index (χ2n) is 7.92. The number of carbonyl (C=O) groups excluding carboxylic acids is 2. The van der Waals surface area contributed by atoms with Crippen LogP contribution in [0.4, 0.5) is 11.4 Å². The summed E-state index contributed by atoms with van der Waals surface area (Å²) < 4.78 is 10.5. The third-order valence-electron chi connectivity index (χ3n) is 5.28. The summed E-state index contributed by atoms with van der Waals surface area (Å²) in [6.07, 6.45) is 3.84. The Morgan fingerprint density at radius 1 is 0.771 bits per heavy atom. The number of carbonyl (C=O) groups is 2. The number of hydrogen-bond acceptors (Lipinski definition) is 8. The molecule has 0 heterocycles. The van der Waals surface area contributed by atoms with E-state index in [2.05, 4.69) is 0 Å². The Kier molecular flexibility index (Phi) is 11.6. The molecule has 188 valence electrons. The van der Waals surface area contributed by atoms with E-state index in [4.69, 9.17) is 21.1 Å². The lowest BCUT2D eigenvalue weighted by Crippen LogP contribution is -2.19. The molecule has 0 aliphatic carbocycles. The normalized spacial score (nSPS) is 11.5. The van der Waals surface area contributed by atoms with Crippen molar-refractivity contribution in [3.63, 3.8) is 0 Å². The number of nitro benzene ring substituents is 2. The molecule has 35 heavy (non-hydrogen) atoms. The second kappa shape index (κ2) is 14.7. The Bertz CT molecular complexity index is 996. The zero-order chi connectivity index (χ0) is 25.6. The van der Waals surface area contributed by atoms with Crippen LogP contribution >= 0.6 is 11.6 Å². The van der Waals surface area contributed by atoms with Crippen LogP contribution in [0, 0.1) is 26.1 Å². The molecule has 1 unspecified atom stereocenters. The van der Waals surface area contributed by atoms with E-state index in [1.54, 1.807) is 12.1 Å². The van der Waals surface area contributed by atoms with Gasteiger partial charge >= 0.3 is 11.9 Å². The third-order valence-corrected chi connectivity index (χ3v) is 5.65. The molecular weight excluding hydrogens is 480 g/mol. The summed E-state index contributed by atoms with van der Waals surface area (Å²) in [5.41, 5.74) is 1.28. The second-order valence-corrected chi connectivity index (χ2v) is 8.23. The standard InChI is InChI=1S/C24H27ClN2O8/c25-15-20(24(29)35-17-19-9-13-22(14-10-19)27(32)33)5-3-1-2-4-6-23(28)34-16-18-7-11-21(12-8-18)26(30)31/h7-14,20H,1-6,15-17H2. The van der Waals surface area contributed by atoms with E-state index in [0.717, 1.165) is 19.3 Å². The largest absolute Gasteiger partial charge is 0.461 e. The highest BCUT2D eigenvalue weighted by Crippen LogP contribution is 2.18. The highest BCUT2D eigenvalue weighted by Gasteiger charge is 2.19. The van der Waals surface area contributed by atoms with Crippen LogP contribution in [0.3, 0.4) is 0 Å². The number of benzene rings is 2. The first-order valence-electron chi connectivity index (χ1n) is 11.1. The number of halogens is 1. The highest BCUT2D eigenvalue weighted by molar-refractivity contribution is 6.19. The first kappa shape index (κ1) is 27.7. The van der Waals surface area contributed by atoms with Gasteiger partial charge in [-0.3, -0.25) is 29.8 Å². The number of hydrogen-bond donors (Lipinski definition) is 0. The fourth-order valence-electron chi connectivity index (χ4n) is 3.21. The van der Waals surface area contributed by atoms with E-state index in [9.17, 15) is 29.8 Å². The van der Waals surface area contributed by atoms with Crippen molar-refractivity contribution in [1.82, 2.24) is 0 Å². The molecule has 1 atom stereocenters. The number of esters is 2. The summed E-state index contributed by atoms with van der Waals surface area (Å²) in [5.74, 6) is -1.06. The Hall–Kier alpha value is -3.53. The fraction of sp³-hybridized carbons (Fsp3) is 0.417. The molecule has 2 aromatic rings. The lowest BCUT2D eigenvalue weighted by atomic mass is 10.0. The predicted molar refractivity (Wildman–Crippen MR) is 128 cm³/mol. The maximum Gasteiger partial charge on any atom is 0.310 e. The van der Waals surface area contributed by atoms with Crippen LogP contribution in [0.25, 0.3) is 0 Å². The van der Waals surface area contributed by atoms with Crippen molar-refractivity contribution in [2.45, 2.75) is 51.7 Å². The van der Waals surface area contributed by atoms with Crippen molar-refractivity contribution in [3.8, 4) is 0 Å². The van der Waals surface area contributed by atoms with Crippen LogP contribution in [0.2, 0.25) is 0 Å². The number of non-ortho nitro benzene ring substituents is 2. The first-order chi connectivity index (χ1) is 16.8. The van der Waals surface area contributed by atoms with Crippen LogP contribution < -0.4 is 0 Å². The molecule has 0 aliphatic rings. The van der Waals surface area contributed by atoms with Crippen LogP contribution in [0.5, 0.6) is 0 Å². The molecule has 0 saturated carbocycles. The lowest BCUT2D eigenvalue weighted by molar-refractivity contribution is -0.385. The minimum atomic E-state index is -0.496. The zero-order valence-corrected chi connectivity index (χ0v) is 19.9. The van der Waals surface area contributed by atoms with Gasteiger partial charge in [0.05, 0.1) is 15.8 Å². The Morgan fingerprint density at radius 2 is 1.26 bits per heavy atom. The molecule has 2 rings (SSSR count). The summed E-state index contributed by atoms with van der Waals surface area (Å²) in [6.45, 7) is 0.0857. The van der Waals surface area contributed by atoms with E-state index in [1.807, 2.05) is 0 Å². The molecule has 11 heteroatoms. The van der Waals surface area contributed by atoms with Gasteiger partial charge in [0.15, 0.2) is 0 Å². The van der Waals surface area contributed by atoms with Gasteiger partial charge in [-0.05, 0) is 48.2 Å². The summed E-state index contributed by atoms with van der Waals surface area (Å²) in [7, 11) is 0. The maximum atomic E-state index is 12.3. The molecule has 0 saturated heterocycles. The highest BCUT2D eigenvalue weighted by atomic mass is 35.5. The molecule has 0 spiro atoms. The van der Waals surface area contributed by atoms with Crippen molar-refractivity contribution in [3.05, 3.63) is 79.9 Å². The summed E-state index contributed by atoms with van der Waals surface area (Å²) >= 11 is 5.92. The van der Waals surface area contributed by atoms with Gasteiger partial charge in [-0.1, -0.05) is 19.3 Å². The number of alkyl halides is 1. The molecule has 10 nitrogen and oxygen atoms in total. The van der Waals surface area contributed by atoms with Gasteiger partial charge < -0.3 is 9.47 Å². The SMILES string of the molecule is O=C(CCCCCCC(CCl)C(=O)OCc1ccc([N+](=O)[O-])cc1)OCc1ccc([N+](=O)[O-])cc1. The van der Waals surface area contributed by atoms with Gasteiger partial charge in [-0.15, -0.1) is 11.6 Å². The Morgan fingerprint density at radius 3 is 1.74 bits per heavy atom. The fourth-order valence-corrected chi connectivity index (χ4v) is 3.49. The van der Waals surface area contributed by atoms with Gasteiger partial charge in [0, 0.05) is 36.6 Å². The minimum Gasteiger partial charge on any atom is -0.461 e.